The number of carbonyl (C=O) groups is 1. The molecule has 164 valence electrons. The van der Waals surface area contributed by atoms with E-state index in [1.165, 1.54) is 10.4 Å². The number of benzene rings is 2. The summed E-state index contributed by atoms with van der Waals surface area (Å²) in [6.07, 6.45) is 0.884. The van der Waals surface area contributed by atoms with Crippen LogP contribution in [0.3, 0.4) is 0 Å². The van der Waals surface area contributed by atoms with E-state index in [0.717, 1.165) is 17.5 Å². The van der Waals surface area contributed by atoms with E-state index in [1.54, 1.807) is 19.1 Å². The van der Waals surface area contributed by atoms with Crippen LogP contribution in [0.25, 0.3) is 11.0 Å². The van der Waals surface area contributed by atoms with E-state index < -0.39 is 10.0 Å². The number of anilines is 1. The number of amides is 1. The summed E-state index contributed by atoms with van der Waals surface area (Å²) in [6, 6.07) is 12.4. The lowest BCUT2D eigenvalue weighted by atomic mass is 10.1. The first-order valence-electron chi connectivity index (χ1n) is 10.4. The molecule has 3 aromatic rings. The lowest BCUT2D eigenvalue weighted by Gasteiger charge is -2.26. The van der Waals surface area contributed by atoms with Gasteiger partial charge in [0.25, 0.3) is 5.91 Å². The van der Waals surface area contributed by atoms with Crippen molar-refractivity contribution in [3.8, 4) is 0 Å². The molecule has 2 heterocycles. The molecule has 8 nitrogen and oxygen atoms in total. The average molecular weight is 443 g/mol. The van der Waals surface area contributed by atoms with E-state index in [4.69, 9.17) is 4.74 Å². The minimum absolute atomic E-state index is 0.104. The number of aryl methyl sites for hydroxylation is 2. The van der Waals surface area contributed by atoms with Crippen molar-refractivity contribution in [3.05, 3.63) is 53.6 Å². The van der Waals surface area contributed by atoms with Crippen molar-refractivity contribution in [2.24, 2.45) is 0 Å². The first kappa shape index (κ1) is 21.5. The Balaban J connectivity index is 1.66. The van der Waals surface area contributed by atoms with Gasteiger partial charge in [0, 0.05) is 25.2 Å². The highest BCUT2D eigenvalue weighted by atomic mass is 32.2. The third kappa shape index (κ3) is 4.21. The molecular weight excluding hydrogens is 416 g/mol. The zero-order chi connectivity index (χ0) is 22.0. The van der Waals surface area contributed by atoms with Gasteiger partial charge in [-0.1, -0.05) is 25.1 Å². The number of nitrogens with zero attached hydrogens (tertiary/aromatic N) is 3. The molecule has 1 fully saturated rings. The summed E-state index contributed by atoms with van der Waals surface area (Å²) in [5.74, 6) is 0.0677. The fourth-order valence-electron chi connectivity index (χ4n) is 3.73. The van der Waals surface area contributed by atoms with Crippen LogP contribution in [0.15, 0.2) is 47.4 Å². The van der Waals surface area contributed by atoms with Gasteiger partial charge in [-0.3, -0.25) is 10.1 Å². The van der Waals surface area contributed by atoms with E-state index in [0.29, 0.717) is 49.9 Å². The van der Waals surface area contributed by atoms with Crippen molar-refractivity contribution in [2.75, 3.05) is 31.6 Å². The number of nitrogens with one attached hydrogen (secondary N) is 1. The van der Waals surface area contributed by atoms with Crippen molar-refractivity contribution in [2.45, 2.75) is 31.7 Å². The van der Waals surface area contributed by atoms with Gasteiger partial charge in [0.05, 0.1) is 29.1 Å². The SMILES string of the molecule is CCCn1c(NC(=O)c2cc(S(=O)(=O)N3CCOCC3)ccc2C)nc2ccccc21. The molecule has 1 aliphatic rings. The third-order valence-corrected chi connectivity index (χ3v) is 7.28. The Morgan fingerprint density at radius 3 is 2.65 bits per heavy atom. The van der Waals surface area contributed by atoms with Crippen LogP contribution in [0.2, 0.25) is 0 Å². The lowest BCUT2D eigenvalue weighted by molar-refractivity contribution is 0.0730. The minimum Gasteiger partial charge on any atom is -0.379 e. The lowest BCUT2D eigenvalue weighted by Crippen LogP contribution is -2.40. The summed E-state index contributed by atoms with van der Waals surface area (Å²) < 4.78 is 34.6. The van der Waals surface area contributed by atoms with E-state index >= 15 is 0 Å². The highest BCUT2D eigenvalue weighted by molar-refractivity contribution is 7.89. The second-order valence-electron chi connectivity index (χ2n) is 7.52. The van der Waals surface area contributed by atoms with Gasteiger partial charge in [-0.25, -0.2) is 13.4 Å². The van der Waals surface area contributed by atoms with Gasteiger partial charge in [0.1, 0.15) is 0 Å². The Labute approximate surface area is 181 Å². The van der Waals surface area contributed by atoms with Crippen LogP contribution >= 0.6 is 0 Å². The van der Waals surface area contributed by atoms with Gasteiger partial charge < -0.3 is 9.30 Å². The Morgan fingerprint density at radius 2 is 1.90 bits per heavy atom. The smallest absolute Gasteiger partial charge is 0.258 e. The normalized spacial score (nSPS) is 15.3. The summed E-state index contributed by atoms with van der Waals surface area (Å²) in [4.78, 5) is 17.8. The number of imidazole rings is 1. The molecular formula is C22H26N4O4S. The van der Waals surface area contributed by atoms with Crippen molar-refractivity contribution < 1.29 is 17.9 Å². The van der Waals surface area contributed by atoms with Crippen LogP contribution < -0.4 is 5.32 Å². The van der Waals surface area contributed by atoms with E-state index in [9.17, 15) is 13.2 Å². The number of morpholine rings is 1. The Morgan fingerprint density at radius 1 is 1.16 bits per heavy atom. The number of fused-ring (bicyclic) bond motifs is 1. The zero-order valence-electron chi connectivity index (χ0n) is 17.7. The summed E-state index contributed by atoms with van der Waals surface area (Å²) in [5, 5.41) is 2.88. The molecule has 1 N–H and O–H groups in total. The highest BCUT2D eigenvalue weighted by Gasteiger charge is 2.27. The average Bonchev–Trinajstić information content (AvgIpc) is 3.12. The number of rotatable bonds is 6. The molecule has 4 rings (SSSR count). The number of carbonyl (C=O) groups excluding carboxylic acids is 1. The molecule has 0 atom stereocenters. The second kappa shape index (κ2) is 8.78. The van der Waals surface area contributed by atoms with Crippen molar-refractivity contribution >= 4 is 32.9 Å². The standard InChI is InChI=1S/C22H26N4O4S/c1-3-10-26-20-7-5-4-6-19(20)23-22(26)24-21(27)18-15-17(9-8-16(18)2)31(28,29)25-11-13-30-14-12-25/h4-9,15H,3,10-14H2,1-2H3,(H,23,24,27). The molecule has 0 saturated carbocycles. The van der Waals surface area contributed by atoms with Gasteiger partial charge in [-0.15, -0.1) is 0 Å². The molecule has 0 aliphatic carbocycles. The van der Waals surface area contributed by atoms with Gasteiger partial charge in [0.15, 0.2) is 0 Å². The van der Waals surface area contributed by atoms with Crippen LogP contribution in [0.1, 0.15) is 29.3 Å². The minimum atomic E-state index is -3.69. The van der Waals surface area contributed by atoms with E-state index in [2.05, 4.69) is 17.2 Å². The molecule has 1 saturated heterocycles. The molecule has 31 heavy (non-hydrogen) atoms. The number of sulfonamides is 1. The van der Waals surface area contributed by atoms with Crippen LogP contribution in [0.4, 0.5) is 5.95 Å². The van der Waals surface area contributed by atoms with E-state index in [1.807, 2.05) is 28.8 Å². The number of ether oxygens (including phenoxy) is 1. The van der Waals surface area contributed by atoms with Gasteiger partial charge in [-0.2, -0.15) is 4.31 Å². The Bertz CT molecular complexity index is 1210. The second-order valence-corrected chi connectivity index (χ2v) is 9.46. The topological polar surface area (TPSA) is 93.5 Å². The highest BCUT2D eigenvalue weighted by Crippen LogP contribution is 2.23. The van der Waals surface area contributed by atoms with Crippen LogP contribution in [0.5, 0.6) is 0 Å². The number of hydrogen-bond donors (Lipinski definition) is 1. The summed E-state index contributed by atoms with van der Waals surface area (Å²) in [6.45, 7) is 5.90. The molecule has 1 aliphatic heterocycles. The molecule has 9 heteroatoms. The van der Waals surface area contributed by atoms with Crippen LogP contribution in [0, 0.1) is 6.92 Å². The molecule has 0 spiro atoms. The largest absolute Gasteiger partial charge is 0.379 e. The number of para-hydroxylation sites is 2. The van der Waals surface area contributed by atoms with E-state index in [-0.39, 0.29) is 10.8 Å². The first-order valence-corrected chi connectivity index (χ1v) is 11.8. The van der Waals surface area contributed by atoms with Crippen molar-refractivity contribution in [1.82, 2.24) is 13.9 Å². The quantitative estimate of drug-likeness (QED) is 0.633. The summed E-state index contributed by atoms with van der Waals surface area (Å²) in [7, 11) is -3.69. The maximum absolute atomic E-state index is 13.1. The molecule has 0 radical (unpaired) electrons. The molecule has 0 unspecified atom stereocenters. The molecule has 0 bridgehead atoms. The third-order valence-electron chi connectivity index (χ3n) is 5.39. The Kier molecular flexibility index (Phi) is 6.08. The van der Waals surface area contributed by atoms with Crippen LogP contribution in [-0.2, 0) is 21.3 Å². The first-order chi connectivity index (χ1) is 14.9. The molecule has 2 aromatic carbocycles. The summed E-state index contributed by atoms with van der Waals surface area (Å²) >= 11 is 0. The maximum atomic E-state index is 13.1. The fraction of sp³-hybridized carbons (Fsp3) is 0.364. The predicted octanol–water partition coefficient (Wildman–Crippen LogP) is 3.03. The number of aromatic nitrogens is 2. The van der Waals surface area contributed by atoms with Gasteiger partial charge >= 0.3 is 0 Å². The molecule has 1 amide bonds. The Hall–Kier alpha value is -2.75. The fourth-order valence-corrected chi connectivity index (χ4v) is 5.17. The monoisotopic (exact) mass is 442 g/mol. The van der Waals surface area contributed by atoms with Crippen LogP contribution in [-0.4, -0.2) is 54.5 Å². The van der Waals surface area contributed by atoms with Gasteiger partial charge in [0.2, 0.25) is 16.0 Å². The predicted molar refractivity (Wildman–Crippen MR) is 119 cm³/mol. The van der Waals surface area contributed by atoms with Gasteiger partial charge in [-0.05, 0) is 43.2 Å². The maximum Gasteiger partial charge on any atom is 0.258 e. The molecule has 1 aromatic heterocycles. The summed E-state index contributed by atoms with van der Waals surface area (Å²) in [5.41, 5.74) is 2.74. The van der Waals surface area contributed by atoms with Crippen molar-refractivity contribution in [1.29, 1.82) is 0 Å². The zero-order valence-corrected chi connectivity index (χ0v) is 18.5. The van der Waals surface area contributed by atoms with Crippen molar-refractivity contribution in [3.63, 3.8) is 0 Å². The number of hydrogen-bond acceptors (Lipinski definition) is 5.